The highest BCUT2D eigenvalue weighted by Crippen LogP contribution is 2.35. The van der Waals surface area contributed by atoms with Crippen molar-refractivity contribution < 1.29 is 48.5 Å². The lowest BCUT2D eigenvalue weighted by atomic mass is 9.82. The first-order chi connectivity index (χ1) is 24.4. The van der Waals surface area contributed by atoms with Crippen molar-refractivity contribution in [3.8, 4) is 0 Å². The fraction of sp³-hybridized carbons (Fsp3) is 0.811. The van der Waals surface area contributed by atoms with E-state index >= 15 is 0 Å². The van der Waals surface area contributed by atoms with Crippen LogP contribution in [0.2, 0.25) is 0 Å². The molecule has 0 amide bonds. The van der Waals surface area contributed by atoms with Crippen LogP contribution >= 0.6 is 0 Å². The average molecular weight is 710 g/mol. The number of methoxy groups -OCH3 is 1. The zero-order valence-corrected chi connectivity index (χ0v) is 30.5. The number of esters is 1. The number of hydrogen-bond acceptors (Lipinski definition) is 13. The van der Waals surface area contributed by atoms with Gasteiger partial charge in [-0.05, 0) is 62.5 Å². The molecule has 1 aliphatic carbocycles. The first-order valence-electron chi connectivity index (χ1n) is 18.8. The van der Waals surface area contributed by atoms with Gasteiger partial charge in [0.25, 0.3) is 0 Å². The van der Waals surface area contributed by atoms with Crippen LogP contribution in [0.15, 0.2) is 24.3 Å². The number of morpholine rings is 1. The van der Waals surface area contributed by atoms with Crippen molar-refractivity contribution >= 4 is 5.97 Å². The molecule has 7 unspecified atom stereocenters. The minimum absolute atomic E-state index is 0.116. The second kappa shape index (κ2) is 23.0. The molecule has 1 aromatic carbocycles. The van der Waals surface area contributed by atoms with Gasteiger partial charge in [0.2, 0.25) is 0 Å². The van der Waals surface area contributed by atoms with Crippen LogP contribution in [0.25, 0.3) is 0 Å². The van der Waals surface area contributed by atoms with Gasteiger partial charge in [0, 0.05) is 77.4 Å². The number of fused-ring (bicyclic) bond motifs is 1. The molecule has 4 rings (SSSR count). The number of carbonyl (C=O) groups excluding carboxylic acids is 1. The summed E-state index contributed by atoms with van der Waals surface area (Å²) in [6, 6.07) is 8.87. The van der Waals surface area contributed by atoms with Gasteiger partial charge in [-0.1, -0.05) is 37.6 Å². The van der Waals surface area contributed by atoms with Gasteiger partial charge in [0.1, 0.15) is 6.10 Å². The highest BCUT2D eigenvalue weighted by atomic mass is 17.1. The van der Waals surface area contributed by atoms with Crippen molar-refractivity contribution in [3.05, 3.63) is 35.4 Å². The van der Waals surface area contributed by atoms with E-state index in [-0.39, 0.29) is 48.6 Å². The second-order valence-corrected chi connectivity index (χ2v) is 14.0. The largest absolute Gasteiger partial charge is 0.460 e. The molecule has 0 bridgehead atoms. The molecule has 2 aliphatic heterocycles. The zero-order chi connectivity index (χ0) is 35.6. The van der Waals surface area contributed by atoms with E-state index in [1.165, 1.54) is 0 Å². The van der Waals surface area contributed by atoms with E-state index in [1.807, 2.05) is 6.92 Å². The molecule has 0 radical (unpaired) electrons. The Bertz CT molecular complexity index is 1070. The lowest BCUT2D eigenvalue weighted by molar-refractivity contribution is -0.492. The summed E-state index contributed by atoms with van der Waals surface area (Å²) in [6.07, 6.45) is 6.16. The van der Waals surface area contributed by atoms with Crippen LogP contribution in [0.5, 0.6) is 0 Å². The highest BCUT2D eigenvalue weighted by Gasteiger charge is 2.40. The lowest BCUT2D eigenvalue weighted by Crippen LogP contribution is -2.55. The molecule has 0 aromatic heterocycles. The van der Waals surface area contributed by atoms with Gasteiger partial charge in [-0.25, -0.2) is 0 Å². The molecule has 13 nitrogen and oxygen atoms in total. The fourth-order valence-corrected chi connectivity index (χ4v) is 7.44. The van der Waals surface area contributed by atoms with Crippen LogP contribution in [-0.2, 0) is 44.7 Å². The van der Waals surface area contributed by atoms with Gasteiger partial charge in [-0.3, -0.25) is 24.9 Å². The number of unbranched alkanes of at least 4 members (excludes halogenated alkanes) is 2. The van der Waals surface area contributed by atoms with Crippen LogP contribution < -0.4 is 5.32 Å². The Morgan fingerprint density at radius 3 is 2.62 bits per heavy atom. The number of rotatable bonds is 23. The van der Waals surface area contributed by atoms with Crippen LogP contribution in [0.4, 0.5) is 0 Å². The number of carbonyl (C=O) groups is 1. The highest BCUT2D eigenvalue weighted by molar-refractivity contribution is 5.69. The molecule has 2 saturated heterocycles. The van der Waals surface area contributed by atoms with Gasteiger partial charge in [-0.15, -0.1) is 0 Å². The fourth-order valence-electron chi connectivity index (χ4n) is 7.44. The summed E-state index contributed by atoms with van der Waals surface area (Å²) >= 11 is 0. The van der Waals surface area contributed by atoms with Gasteiger partial charge < -0.3 is 33.7 Å². The minimum atomic E-state index is -0.373. The molecule has 286 valence electrons. The number of nitrogens with zero attached hydrogens (tertiary/aromatic N) is 2. The minimum Gasteiger partial charge on any atom is -0.460 e. The molecule has 50 heavy (non-hydrogen) atoms. The van der Waals surface area contributed by atoms with Gasteiger partial charge in [-0.2, -0.15) is 0 Å². The Balaban J connectivity index is 1.37. The van der Waals surface area contributed by atoms with Crippen molar-refractivity contribution in [1.29, 1.82) is 0 Å². The summed E-state index contributed by atoms with van der Waals surface area (Å²) < 4.78 is 35.9. The van der Waals surface area contributed by atoms with E-state index in [4.69, 9.17) is 38.8 Å². The van der Waals surface area contributed by atoms with Crippen LogP contribution in [-0.4, -0.2) is 131 Å². The Morgan fingerprint density at radius 2 is 1.84 bits per heavy atom. The summed E-state index contributed by atoms with van der Waals surface area (Å²) in [5.41, 5.74) is 2.18. The summed E-state index contributed by atoms with van der Waals surface area (Å²) in [6.45, 7) is 12.3. The van der Waals surface area contributed by atoms with Gasteiger partial charge >= 0.3 is 5.97 Å². The maximum absolute atomic E-state index is 13.0. The van der Waals surface area contributed by atoms with E-state index in [2.05, 4.69) is 46.2 Å². The topological polar surface area (TPSA) is 141 Å². The lowest BCUT2D eigenvalue weighted by Gasteiger charge is -2.46. The number of hydrogen-bond donors (Lipinski definition) is 3. The van der Waals surface area contributed by atoms with E-state index in [0.717, 1.165) is 63.1 Å². The van der Waals surface area contributed by atoms with Crippen LogP contribution in [0.3, 0.4) is 0 Å². The Labute approximate surface area is 298 Å². The molecule has 3 aliphatic rings. The van der Waals surface area contributed by atoms with E-state index in [9.17, 15) is 4.79 Å². The van der Waals surface area contributed by atoms with E-state index in [0.29, 0.717) is 83.3 Å². The summed E-state index contributed by atoms with van der Waals surface area (Å²) in [5.74, 6) is 0.403. The van der Waals surface area contributed by atoms with E-state index in [1.54, 1.807) is 7.11 Å². The third-order valence-electron chi connectivity index (χ3n) is 10.0. The third kappa shape index (κ3) is 14.0. The first kappa shape index (κ1) is 41.0. The van der Waals surface area contributed by atoms with Crippen molar-refractivity contribution in [2.24, 2.45) is 11.8 Å². The molecule has 2 heterocycles. The number of piperidine rings is 1. The normalized spacial score (nSPS) is 26.5. The smallest absolute Gasteiger partial charge is 0.306 e. The monoisotopic (exact) mass is 709 g/mol. The SMILES string of the molecule is CCOCC(C)COCc1ccc(C2C(OCC3CCC4OCCN(CCCOC)C4C3)CNCC2OC(=O)CCCCCON(O)O)cc1. The predicted octanol–water partition coefficient (Wildman–Crippen LogP) is 4.34. The van der Waals surface area contributed by atoms with Crippen molar-refractivity contribution in [2.75, 3.05) is 79.5 Å². The van der Waals surface area contributed by atoms with Crippen molar-refractivity contribution in [3.63, 3.8) is 0 Å². The second-order valence-electron chi connectivity index (χ2n) is 14.0. The van der Waals surface area contributed by atoms with Crippen molar-refractivity contribution in [2.45, 2.75) is 102 Å². The summed E-state index contributed by atoms with van der Waals surface area (Å²) in [7, 11) is 1.76. The Hall–Kier alpha value is -1.75. The van der Waals surface area contributed by atoms with Gasteiger partial charge in [0.15, 0.2) is 0 Å². The number of ether oxygens (including phenoxy) is 6. The number of benzene rings is 1. The quantitative estimate of drug-likeness (QED) is 0.0844. The zero-order valence-electron chi connectivity index (χ0n) is 30.5. The van der Waals surface area contributed by atoms with E-state index < -0.39 is 0 Å². The molecule has 13 heteroatoms. The van der Waals surface area contributed by atoms with Crippen LogP contribution in [0, 0.1) is 11.8 Å². The van der Waals surface area contributed by atoms with Gasteiger partial charge in [0.05, 0.1) is 50.6 Å². The molecule has 3 fully saturated rings. The Kier molecular flexibility index (Phi) is 18.9. The predicted molar refractivity (Wildman–Crippen MR) is 186 cm³/mol. The maximum Gasteiger partial charge on any atom is 0.306 e. The Morgan fingerprint density at radius 1 is 1.04 bits per heavy atom. The third-order valence-corrected chi connectivity index (χ3v) is 10.0. The summed E-state index contributed by atoms with van der Waals surface area (Å²) in [5, 5.41) is 20.5. The standard InChI is InChI=1S/C37H63N3O10/c1-4-45-24-28(2)25-46-26-29-10-13-31(14-11-29)37-34(22-38-23-35(37)50-36(41)9-6-5-7-19-49-40(42)43)48-27-30-12-15-33-32(21-30)39(17-20-47-33)16-8-18-44-3/h10-11,13-14,28,30,32-35,37-38,42-43H,4-9,12,15-27H2,1-3H3. The molecule has 1 aromatic rings. The molecule has 3 N–H and O–H groups in total. The first-order valence-corrected chi connectivity index (χ1v) is 18.8. The molecule has 1 saturated carbocycles. The molecule has 0 spiro atoms. The number of nitrogens with one attached hydrogen (secondary N) is 1. The molecular formula is C37H63N3O10. The van der Waals surface area contributed by atoms with Crippen molar-refractivity contribution in [1.82, 2.24) is 15.6 Å². The summed E-state index contributed by atoms with van der Waals surface area (Å²) in [4.78, 5) is 20.2. The van der Waals surface area contributed by atoms with Crippen LogP contribution in [0.1, 0.15) is 82.3 Å². The maximum atomic E-state index is 13.0. The average Bonchev–Trinajstić information content (AvgIpc) is 3.11. The molecule has 7 atom stereocenters. The molecular weight excluding hydrogens is 646 g/mol.